The molecule has 3 rings (SSSR count). The molecular weight excluding hydrogens is 283 g/mol. The minimum absolute atomic E-state index is 0.108. The van der Waals surface area contributed by atoms with Crippen molar-refractivity contribution in [2.45, 2.75) is 6.92 Å². The standard InChI is InChI=1S/C16H17N2O2P/c1-10-8-15(21(2,3)20)17-14(10)9-12-11-6-4-5-7-13(11)18-16(12)19/h4-9,17H,1-3H3,(H,18,19)/b12-9-. The molecule has 0 aliphatic carbocycles. The number of hydrogen-bond donors (Lipinski definition) is 2. The first kappa shape index (κ1) is 13.9. The topological polar surface area (TPSA) is 62.0 Å². The predicted octanol–water partition coefficient (Wildman–Crippen LogP) is 3.06. The lowest BCUT2D eigenvalue weighted by Gasteiger charge is -2.02. The van der Waals surface area contributed by atoms with Gasteiger partial charge in [0.15, 0.2) is 0 Å². The number of nitrogens with one attached hydrogen (secondary N) is 2. The molecule has 0 radical (unpaired) electrons. The number of carbonyl (C=O) groups is 1. The van der Waals surface area contributed by atoms with Crippen LogP contribution in [0.25, 0.3) is 11.6 Å². The quantitative estimate of drug-likeness (QED) is 0.661. The van der Waals surface area contributed by atoms with Gasteiger partial charge in [-0.25, -0.2) is 0 Å². The first-order chi connectivity index (χ1) is 9.86. The van der Waals surface area contributed by atoms with Crippen molar-refractivity contribution in [3.63, 3.8) is 0 Å². The number of aromatic nitrogens is 1. The molecule has 0 fully saturated rings. The van der Waals surface area contributed by atoms with Gasteiger partial charge in [0.25, 0.3) is 5.91 Å². The third-order valence-electron chi connectivity index (χ3n) is 3.62. The Kier molecular flexibility index (Phi) is 3.14. The number of fused-ring (bicyclic) bond motifs is 1. The summed E-state index contributed by atoms with van der Waals surface area (Å²) in [5.74, 6) is -0.108. The van der Waals surface area contributed by atoms with Crippen LogP contribution in [-0.4, -0.2) is 24.2 Å². The molecule has 0 saturated carbocycles. The van der Waals surface area contributed by atoms with Gasteiger partial charge in [-0.2, -0.15) is 0 Å². The number of H-pyrrole nitrogens is 1. The Bertz CT molecular complexity index is 811. The SMILES string of the molecule is Cc1cc(P(C)(C)=O)[nH]c1/C=C1\C(=O)Nc2ccccc21. The summed E-state index contributed by atoms with van der Waals surface area (Å²) in [6, 6.07) is 9.50. The second kappa shape index (κ2) is 4.74. The number of benzene rings is 1. The van der Waals surface area contributed by atoms with E-state index >= 15 is 0 Å². The third-order valence-corrected chi connectivity index (χ3v) is 5.02. The number of carbonyl (C=O) groups excluding carboxylic acids is 1. The van der Waals surface area contributed by atoms with E-state index in [9.17, 15) is 9.36 Å². The molecule has 108 valence electrons. The van der Waals surface area contributed by atoms with Crippen LogP contribution in [0.4, 0.5) is 5.69 Å². The van der Waals surface area contributed by atoms with E-state index < -0.39 is 7.14 Å². The summed E-state index contributed by atoms with van der Waals surface area (Å²) in [5.41, 5.74) is 4.90. The molecule has 0 bridgehead atoms. The summed E-state index contributed by atoms with van der Waals surface area (Å²) >= 11 is 0. The molecule has 1 aliphatic heterocycles. The van der Waals surface area contributed by atoms with E-state index in [1.54, 1.807) is 13.3 Å². The van der Waals surface area contributed by atoms with Crippen molar-refractivity contribution in [3.05, 3.63) is 47.2 Å². The van der Waals surface area contributed by atoms with Gasteiger partial charge in [-0.15, -0.1) is 0 Å². The van der Waals surface area contributed by atoms with Crippen LogP contribution in [0.3, 0.4) is 0 Å². The number of anilines is 1. The molecule has 5 heteroatoms. The third kappa shape index (κ3) is 2.47. The lowest BCUT2D eigenvalue weighted by Crippen LogP contribution is -2.04. The lowest BCUT2D eigenvalue weighted by molar-refractivity contribution is -0.110. The molecule has 2 aromatic rings. The minimum atomic E-state index is -2.34. The average molecular weight is 300 g/mol. The molecule has 1 aromatic carbocycles. The van der Waals surface area contributed by atoms with Crippen molar-refractivity contribution in [3.8, 4) is 0 Å². The van der Waals surface area contributed by atoms with E-state index in [-0.39, 0.29) is 5.91 Å². The fourth-order valence-corrected chi connectivity index (χ4v) is 3.32. The number of amides is 1. The van der Waals surface area contributed by atoms with Crippen LogP contribution in [0.2, 0.25) is 0 Å². The minimum Gasteiger partial charge on any atom is -0.352 e. The maximum atomic E-state index is 12.2. The molecule has 1 amide bonds. The van der Waals surface area contributed by atoms with Crippen molar-refractivity contribution in [2.24, 2.45) is 0 Å². The molecule has 2 N–H and O–H groups in total. The Labute approximate surface area is 123 Å². The largest absolute Gasteiger partial charge is 0.352 e. The van der Waals surface area contributed by atoms with Gasteiger partial charge in [0.1, 0.15) is 7.14 Å². The second-order valence-corrected chi connectivity index (χ2v) is 8.84. The molecule has 0 atom stereocenters. The van der Waals surface area contributed by atoms with Crippen LogP contribution < -0.4 is 10.8 Å². The van der Waals surface area contributed by atoms with Crippen LogP contribution >= 0.6 is 7.14 Å². The maximum absolute atomic E-state index is 12.2. The van der Waals surface area contributed by atoms with Gasteiger partial charge in [-0.1, -0.05) is 18.2 Å². The molecule has 1 aliphatic rings. The summed E-state index contributed by atoms with van der Waals surface area (Å²) in [6.07, 6.45) is 1.83. The van der Waals surface area contributed by atoms with Gasteiger partial charge in [0.05, 0.1) is 11.0 Å². The number of para-hydroxylation sites is 1. The van der Waals surface area contributed by atoms with Gasteiger partial charge in [-0.05, 0) is 44.0 Å². The highest BCUT2D eigenvalue weighted by molar-refractivity contribution is 7.69. The Morgan fingerprint density at radius 3 is 2.57 bits per heavy atom. The Morgan fingerprint density at radius 2 is 1.90 bits per heavy atom. The molecule has 4 nitrogen and oxygen atoms in total. The Hall–Kier alpha value is -2.06. The molecule has 2 heterocycles. The van der Waals surface area contributed by atoms with Crippen molar-refractivity contribution >= 4 is 35.8 Å². The second-order valence-electron chi connectivity index (χ2n) is 5.66. The van der Waals surface area contributed by atoms with E-state index in [0.29, 0.717) is 5.57 Å². The summed E-state index contributed by atoms with van der Waals surface area (Å²) in [7, 11) is -2.34. The first-order valence-electron chi connectivity index (χ1n) is 6.74. The van der Waals surface area contributed by atoms with Gasteiger partial charge in [0.2, 0.25) is 0 Å². The first-order valence-corrected chi connectivity index (χ1v) is 9.34. The van der Waals surface area contributed by atoms with Gasteiger partial charge >= 0.3 is 0 Å². The van der Waals surface area contributed by atoms with E-state index in [2.05, 4.69) is 10.3 Å². The highest BCUT2D eigenvalue weighted by Crippen LogP contribution is 2.36. The van der Waals surface area contributed by atoms with Crippen molar-refractivity contribution in [1.82, 2.24) is 4.98 Å². The van der Waals surface area contributed by atoms with Gasteiger partial charge < -0.3 is 14.9 Å². The van der Waals surface area contributed by atoms with Gasteiger partial charge in [0, 0.05) is 16.9 Å². The molecular formula is C16H17N2O2P. The van der Waals surface area contributed by atoms with Crippen LogP contribution in [-0.2, 0) is 9.36 Å². The van der Waals surface area contributed by atoms with E-state index in [1.807, 2.05) is 43.3 Å². The number of aromatic amines is 1. The Morgan fingerprint density at radius 1 is 1.19 bits per heavy atom. The average Bonchev–Trinajstić information content (AvgIpc) is 2.92. The summed E-state index contributed by atoms with van der Waals surface area (Å²) < 4.78 is 12.2. The van der Waals surface area contributed by atoms with Gasteiger partial charge in [-0.3, -0.25) is 4.79 Å². The lowest BCUT2D eigenvalue weighted by atomic mass is 10.1. The fourth-order valence-electron chi connectivity index (χ4n) is 2.42. The zero-order valence-electron chi connectivity index (χ0n) is 12.2. The van der Waals surface area contributed by atoms with Crippen LogP contribution in [0.15, 0.2) is 30.3 Å². The monoisotopic (exact) mass is 300 g/mol. The summed E-state index contributed by atoms with van der Waals surface area (Å²) in [6.45, 7) is 5.40. The normalized spacial score (nSPS) is 16.1. The molecule has 0 unspecified atom stereocenters. The van der Waals surface area contributed by atoms with Crippen molar-refractivity contribution in [1.29, 1.82) is 0 Å². The van der Waals surface area contributed by atoms with Crippen molar-refractivity contribution in [2.75, 3.05) is 18.6 Å². The molecule has 0 spiro atoms. The highest BCUT2D eigenvalue weighted by Gasteiger charge is 2.24. The van der Waals surface area contributed by atoms with E-state index in [1.165, 1.54) is 0 Å². The van der Waals surface area contributed by atoms with Crippen LogP contribution in [0.5, 0.6) is 0 Å². The molecule has 21 heavy (non-hydrogen) atoms. The van der Waals surface area contributed by atoms with Crippen LogP contribution in [0, 0.1) is 6.92 Å². The maximum Gasteiger partial charge on any atom is 0.256 e. The van der Waals surface area contributed by atoms with Crippen molar-refractivity contribution < 1.29 is 9.36 Å². The fraction of sp³-hybridized carbons (Fsp3) is 0.188. The highest BCUT2D eigenvalue weighted by atomic mass is 31.2. The number of aryl methyl sites for hydroxylation is 1. The van der Waals surface area contributed by atoms with E-state index in [0.717, 1.165) is 27.9 Å². The number of hydrogen-bond acceptors (Lipinski definition) is 2. The predicted molar refractivity (Wildman–Crippen MR) is 87.6 cm³/mol. The smallest absolute Gasteiger partial charge is 0.256 e. The molecule has 0 saturated heterocycles. The molecule has 1 aromatic heterocycles. The van der Waals surface area contributed by atoms with E-state index in [4.69, 9.17) is 0 Å². The Balaban J connectivity index is 2.09. The zero-order valence-corrected chi connectivity index (χ0v) is 13.1. The summed E-state index contributed by atoms with van der Waals surface area (Å²) in [5, 5.41) is 2.85. The van der Waals surface area contributed by atoms with Crippen LogP contribution in [0.1, 0.15) is 16.8 Å². The zero-order chi connectivity index (χ0) is 15.2. The number of rotatable bonds is 2. The summed E-state index contributed by atoms with van der Waals surface area (Å²) in [4.78, 5) is 15.3.